The molecule has 0 unspecified atom stereocenters. The van der Waals surface area contributed by atoms with Crippen LogP contribution in [-0.2, 0) is 0 Å². The quantitative estimate of drug-likeness (QED) is 0.309. The summed E-state index contributed by atoms with van der Waals surface area (Å²) < 4.78 is 0. The minimum atomic E-state index is -0.672. The molecule has 1 aromatic carbocycles. The van der Waals surface area contributed by atoms with Gasteiger partial charge >= 0.3 is 0 Å². The molecule has 1 aromatic rings. The first-order chi connectivity index (χ1) is 11.1. The summed E-state index contributed by atoms with van der Waals surface area (Å²) in [6.07, 6.45) is 7.57. The van der Waals surface area contributed by atoms with Crippen molar-refractivity contribution >= 4 is 17.3 Å². The molecule has 0 atom stereocenters. The number of nitrogens with zero attached hydrogens (tertiary/aromatic N) is 1. The lowest BCUT2D eigenvalue weighted by Crippen LogP contribution is -2.32. The lowest BCUT2D eigenvalue weighted by molar-refractivity contribution is -0.384. The van der Waals surface area contributed by atoms with Gasteiger partial charge in [0, 0.05) is 30.8 Å². The van der Waals surface area contributed by atoms with Gasteiger partial charge in [0.2, 0.25) is 5.91 Å². The Bertz CT molecular complexity index is 554. The van der Waals surface area contributed by atoms with E-state index in [1.54, 1.807) is 0 Å². The largest absolute Gasteiger partial charge is 0.378 e. The molecule has 1 amide bonds. The average molecular weight is 320 g/mol. The predicted molar refractivity (Wildman–Crippen MR) is 89.6 cm³/mol. The molecule has 0 bridgehead atoms. The van der Waals surface area contributed by atoms with Gasteiger partial charge < -0.3 is 16.4 Å². The summed E-state index contributed by atoms with van der Waals surface area (Å²) in [6, 6.07) is 4.79. The molecule has 0 radical (unpaired) electrons. The summed E-state index contributed by atoms with van der Waals surface area (Å²) in [7, 11) is 0. The molecule has 7 heteroatoms. The first-order valence-electron chi connectivity index (χ1n) is 8.13. The van der Waals surface area contributed by atoms with Crippen LogP contribution in [-0.4, -0.2) is 30.0 Å². The summed E-state index contributed by atoms with van der Waals surface area (Å²) in [5.74, 6) is -0.672. The van der Waals surface area contributed by atoms with Crippen LogP contribution in [0.1, 0.15) is 48.9 Å². The maximum atomic E-state index is 11.1. The highest BCUT2D eigenvalue weighted by Crippen LogP contribution is 2.25. The zero-order valence-corrected chi connectivity index (χ0v) is 13.2. The third kappa shape index (κ3) is 5.21. The molecule has 0 saturated heterocycles. The number of nitrogens with two attached hydrogens (primary N) is 1. The number of benzene rings is 1. The number of hydrogen-bond acceptors (Lipinski definition) is 5. The smallest absolute Gasteiger partial charge is 0.293 e. The van der Waals surface area contributed by atoms with Crippen molar-refractivity contribution in [3.63, 3.8) is 0 Å². The second-order valence-electron chi connectivity index (χ2n) is 5.92. The van der Waals surface area contributed by atoms with Crippen LogP contribution in [0.4, 0.5) is 11.4 Å². The van der Waals surface area contributed by atoms with Crippen molar-refractivity contribution in [2.45, 2.75) is 44.6 Å². The summed E-state index contributed by atoms with van der Waals surface area (Å²) in [5.41, 5.74) is 5.57. The van der Waals surface area contributed by atoms with E-state index in [1.807, 2.05) is 0 Å². The molecule has 0 spiro atoms. The lowest BCUT2D eigenvalue weighted by atomic mass is 10.1. The minimum absolute atomic E-state index is 0.129. The molecular formula is C16H24N4O3. The number of rotatable bonds is 7. The highest BCUT2D eigenvalue weighted by molar-refractivity contribution is 5.94. The lowest BCUT2D eigenvalue weighted by Gasteiger charge is -2.16. The predicted octanol–water partition coefficient (Wildman–Crippen LogP) is 2.42. The van der Waals surface area contributed by atoms with Gasteiger partial charge in [-0.25, -0.2) is 0 Å². The van der Waals surface area contributed by atoms with Crippen molar-refractivity contribution in [1.29, 1.82) is 0 Å². The number of anilines is 1. The first kappa shape index (κ1) is 17.2. The molecule has 0 aromatic heterocycles. The first-order valence-corrected chi connectivity index (χ1v) is 8.13. The number of carbonyl (C=O) groups is 1. The van der Waals surface area contributed by atoms with E-state index in [2.05, 4.69) is 10.6 Å². The second-order valence-corrected chi connectivity index (χ2v) is 5.92. The van der Waals surface area contributed by atoms with Crippen molar-refractivity contribution in [2.24, 2.45) is 5.73 Å². The van der Waals surface area contributed by atoms with Crippen molar-refractivity contribution in [3.05, 3.63) is 33.9 Å². The van der Waals surface area contributed by atoms with Crippen molar-refractivity contribution in [1.82, 2.24) is 5.32 Å². The van der Waals surface area contributed by atoms with Crippen molar-refractivity contribution in [2.75, 3.05) is 18.4 Å². The number of nitrogens with one attached hydrogen (secondary N) is 2. The molecule has 7 nitrogen and oxygen atoms in total. The number of nitro groups is 1. The van der Waals surface area contributed by atoms with E-state index < -0.39 is 10.8 Å². The topological polar surface area (TPSA) is 110 Å². The Balaban J connectivity index is 1.87. The van der Waals surface area contributed by atoms with Gasteiger partial charge in [-0.1, -0.05) is 25.7 Å². The van der Waals surface area contributed by atoms with Gasteiger partial charge in [0.25, 0.3) is 5.69 Å². The maximum Gasteiger partial charge on any atom is 0.293 e. The minimum Gasteiger partial charge on any atom is -0.378 e. The van der Waals surface area contributed by atoms with Gasteiger partial charge in [0.15, 0.2) is 0 Å². The van der Waals surface area contributed by atoms with Gasteiger partial charge in [-0.15, -0.1) is 0 Å². The van der Waals surface area contributed by atoms with Gasteiger partial charge in [-0.2, -0.15) is 0 Å². The second kappa shape index (κ2) is 8.47. The van der Waals surface area contributed by atoms with Crippen LogP contribution >= 0.6 is 0 Å². The summed E-state index contributed by atoms with van der Waals surface area (Å²) in [6.45, 7) is 1.34. The fourth-order valence-electron chi connectivity index (χ4n) is 2.94. The molecule has 0 aliphatic heterocycles. The van der Waals surface area contributed by atoms with E-state index >= 15 is 0 Å². The summed E-state index contributed by atoms with van der Waals surface area (Å²) in [5, 5.41) is 17.7. The standard InChI is InChI=1S/C16H24N4O3/c17-16(21)12-7-8-14(15(11-12)20(22)23)19-10-9-18-13-5-3-1-2-4-6-13/h7-8,11,13,18-19H,1-6,9-10H2,(H2,17,21). The number of primary amides is 1. The Labute approximate surface area is 135 Å². The molecule has 4 N–H and O–H groups in total. The highest BCUT2D eigenvalue weighted by atomic mass is 16.6. The molecule has 1 aliphatic carbocycles. The fourth-order valence-corrected chi connectivity index (χ4v) is 2.94. The molecule has 1 fully saturated rings. The zero-order chi connectivity index (χ0) is 16.7. The molecule has 126 valence electrons. The summed E-state index contributed by atoms with van der Waals surface area (Å²) >= 11 is 0. The van der Waals surface area contributed by atoms with E-state index in [0.717, 1.165) is 6.54 Å². The van der Waals surface area contributed by atoms with Crippen LogP contribution < -0.4 is 16.4 Å². The van der Waals surface area contributed by atoms with E-state index in [-0.39, 0.29) is 11.3 Å². The van der Waals surface area contributed by atoms with Gasteiger partial charge in [0.05, 0.1) is 4.92 Å². The van der Waals surface area contributed by atoms with Gasteiger partial charge in [-0.05, 0) is 25.0 Å². The number of carbonyl (C=O) groups excluding carboxylic acids is 1. The molecule has 0 heterocycles. The average Bonchev–Trinajstić information content (AvgIpc) is 2.80. The number of nitro benzene ring substituents is 1. The van der Waals surface area contributed by atoms with E-state index in [4.69, 9.17) is 5.73 Å². The zero-order valence-electron chi connectivity index (χ0n) is 13.2. The number of hydrogen-bond donors (Lipinski definition) is 3. The maximum absolute atomic E-state index is 11.1. The van der Waals surface area contributed by atoms with E-state index in [1.165, 1.54) is 56.7 Å². The Kier molecular flexibility index (Phi) is 6.34. The number of amides is 1. The Morgan fingerprint density at radius 3 is 2.52 bits per heavy atom. The van der Waals surface area contributed by atoms with E-state index in [9.17, 15) is 14.9 Å². The Hall–Kier alpha value is -2.15. The van der Waals surface area contributed by atoms with Crippen LogP contribution in [0.5, 0.6) is 0 Å². The fraction of sp³-hybridized carbons (Fsp3) is 0.562. The molecule has 23 heavy (non-hydrogen) atoms. The van der Waals surface area contributed by atoms with Crippen LogP contribution in [0.3, 0.4) is 0 Å². The Morgan fingerprint density at radius 2 is 1.91 bits per heavy atom. The molecule has 1 aliphatic rings. The summed E-state index contributed by atoms with van der Waals surface area (Å²) in [4.78, 5) is 21.7. The molecule has 1 saturated carbocycles. The van der Waals surface area contributed by atoms with Crippen LogP contribution in [0.25, 0.3) is 0 Å². The normalized spacial score (nSPS) is 15.8. The van der Waals surface area contributed by atoms with Crippen molar-refractivity contribution < 1.29 is 9.72 Å². The van der Waals surface area contributed by atoms with Crippen LogP contribution in [0, 0.1) is 10.1 Å². The van der Waals surface area contributed by atoms with Crippen LogP contribution in [0.2, 0.25) is 0 Å². The third-order valence-electron chi connectivity index (χ3n) is 4.21. The van der Waals surface area contributed by atoms with E-state index in [0.29, 0.717) is 18.3 Å². The SMILES string of the molecule is NC(=O)c1ccc(NCCNC2CCCCCC2)c([N+](=O)[O-])c1. The van der Waals surface area contributed by atoms with Gasteiger partial charge in [-0.3, -0.25) is 14.9 Å². The van der Waals surface area contributed by atoms with Crippen molar-refractivity contribution in [3.8, 4) is 0 Å². The third-order valence-corrected chi connectivity index (χ3v) is 4.21. The Morgan fingerprint density at radius 1 is 1.22 bits per heavy atom. The monoisotopic (exact) mass is 320 g/mol. The highest BCUT2D eigenvalue weighted by Gasteiger charge is 2.16. The molecule has 2 rings (SSSR count). The van der Waals surface area contributed by atoms with Crippen LogP contribution in [0.15, 0.2) is 18.2 Å². The molecular weight excluding hydrogens is 296 g/mol. The van der Waals surface area contributed by atoms with Gasteiger partial charge in [0.1, 0.15) is 5.69 Å².